The summed E-state index contributed by atoms with van der Waals surface area (Å²) in [4.78, 5) is 19.3. The summed E-state index contributed by atoms with van der Waals surface area (Å²) in [6.45, 7) is 8.54. The number of nitrogens with zero attached hydrogens (tertiary/aromatic N) is 2. The van der Waals surface area contributed by atoms with Crippen molar-refractivity contribution in [3.63, 3.8) is 0 Å². The zero-order chi connectivity index (χ0) is 18.2. The van der Waals surface area contributed by atoms with Crippen LogP contribution in [0.2, 0.25) is 0 Å². The van der Waals surface area contributed by atoms with Crippen molar-refractivity contribution < 1.29 is 4.79 Å². The SMILES string of the molecule is C[C@H](c1nc2ccccc2s1)N(C)C(=O)c1ccc(C(C)(C)C)cc1. The number of aromatic nitrogens is 1. The second-order valence-corrected chi connectivity index (χ2v) is 8.50. The van der Waals surface area contributed by atoms with Gasteiger partial charge in [-0.1, -0.05) is 45.0 Å². The van der Waals surface area contributed by atoms with Crippen LogP contribution in [-0.2, 0) is 5.41 Å². The first-order valence-corrected chi connectivity index (χ1v) is 9.32. The van der Waals surface area contributed by atoms with E-state index in [1.807, 2.05) is 56.4 Å². The number of rotatable bonds is 3. The Bertz CT molecular complexity index is 857. The van der Waals surface area contributed by atoms with Gasteiger partial charge in [0.1, 0.15) is 5.01 Å². The van der Waals surface area contributed by atoms with Crippen molar-refractivity contribution in [3.8, 4) is 0 Å². The molecule has 0 saturated heterocycles. The largest absolute Gasteiger partial charge is 0.333 e. The van der Waals surface area contributed by atoms with E-state index in [4.69, 9.17) is 0 Å². The zero-order valence-electron chi connectivity index (χ0n) is 15.4. The van der Waals surface area contributed by atoms with E-state index in [0.29, 0.717) is 5.56 Å². The first kappa shape index (κ1) is 17.6. The van der Waals surface area contributed by atoms with E-state index < -0.39 is 0 Å². The van der Waals surface area contributed by atoms with E-state index in [1.54, 1.807) is 16.2 Å². The standard InChI is InChI=1S/C21H24N2OS/c1-14(19-22-17-8-6-7-9-18(17)25-19)23(5)20(24)15-10-12-16(13-11-15)21(2,3)4/h6-14H,1-5H3/t14-/m1/s1. The summed E-state index contributed by atoms with van der Waals surface area (Å²) in [6.07, 6.45) is 0. The maximum Gasteiger partial charge on any atom is 0.254 e. The summed E-state index contributed by atoms with van der Waals surface area (Å²) in [5.74, 6) is 0.0206. The molecule has 0 spiro atoms. The van der Waals surface area contributed by atoms with Crippen LogP contribution in [-0.4, -0.2) is 22.8 Å². The van der Waals surface area contributed by atoms with Gasteiger partial charge in [0.05, 0.1) is 16.3 Å². The zero-order valence-corrected chi connectivity index (χ0v) is 16.2. The molecule has 1 amide bonds. The van der Waals surface area contributed by atoms with Crippen LogP contribution in [0.1, 0.15) is 54.7 Å². The number of fused-ring (bicyclic) bond motifs is 1. The Morgan fingerprint density at radius 2 is 1.72 bits per heavy atom. The van der Waals surface area contributed by atoms with Gasteiger partial charge in [0.15, 0.2) is 0 Å². The van der Waals surface area contributed by atoms with E-state index in [1.165, 1.54) is 5.56 Å². The third-order valence-electron chi connectivity index (χ3n) is 4.57. The summed E-state index contributed by atoms with van der Waals surface area (Å²) in [5, 5.41) is 0.961. The van der Waals surface area contributed by atoms with Gasteiger partial charge in [0, 0.05) is 12.6 Å². The van der Waals surface area contributed by atoms with Gasteiger partial charge in [-0.05, 0) is 42.2 Å². The monoisotopic (exact) mass is 352 g/mol. The Hall–Kier alpha value is -2.20. The predicted molar refractivity (Wildman–Crippen MR) is 105 cm³/mol. The Morgan fingerprint density at radius 1 is 1.08 bits per heavy atom. The first-order chi connectivity index (χ1) is 11.8. The van der Waals surface area contributed by atoms with Gasteiger partial charge in [0.25, 0.3) is 5.91 Å². The molecule has 1 heterocycles. The van der Waals surface area contributed by atoms with E-state index in [-0.39, 0.29) is 17.4 Å². The minimum absolute atomic E-state index is 0.0206. The molecule has 3 rings (SSSR count). The van der Waals surface area contributed by atoms with Gasteiger partial charge in [-0.25, -0.2) is 4.98 Å². The Kier molecular flexibility index (Phi) is 4.65. The fourth-order valence-corrected chi connectivity index (χ4v) is 3.79. The lowest BCUT2D eigenvalue weighted by atomic mass is 9.86. The molecule has 1 atom stereocenters. The third kappa shape index (κ3) is 3.59. The predicted octanol–water partition coefficient (Wildman–Crippen LogP) is 5.43. The summed E-state index contributed by atoms with van der Waals surface area (Å²) < 4.78 is 1.15. The number of amides is 1. The fourth-order valence-electron chi connectivity index (χ4n) is 2.73. The molecule has 0 aliphatic carbocycles. The summed E-state index contributed by atoms with van der Waals surface area (Å²) in [7, 11) is 1.84. The Morgan fingerprint density at radius 3 is 2.32 bits per heavy atom. The molecular formula is C21H24N2OS. The molecule has 0 aliphatic heterocycles. The molecule has 25 heavy (non-hydrogen) atoms. The van der Waals surface area contributed by atoms with Crippen molar-refractivity contribution in [3.05, 3.63) is 64.7 Å². The third-order valence-corrected chi connectivity index (χ3v) is 5.77. The highest BCUT2D eigenvalue weighted by molar-refractivity contribution is 7.18. The summed E-state index contributed by atoms with van der Waals surface area (Å²) in [5.41, 5.74) is 3.01. The molecule has 2 aromatic carbocycles. The van der Waals surface area contributed by atoms with Gasteiger partial charge in [-0.15, -0.1) is 11.3 Å². The van der Waals surface area contributed by atoms with Crippen LogP contribution in [0.5, 0.6) is 0 Å². The normalized spacial score (nSPS) is 13.0. The van der Waals surface area contributed by atoms with Gasteiger partial charge >= 0.3 is 0 Å². The second kappa shape index (κ2) is 6.60. The topological polar surface area (TPSA) is 33.2 Å². The van der Waals surface area contributed by atoms with Crippen LogP contribution in [0.25, 0.3) is 10.2 Å². The van der Waals surface area contributed by atoms with Crippen LogP contribution >= 0.6 is 11.3 Å². The van der Waals surface area contributed by atoms with E-state index in [0.717, 1.165) is 15.2 Å². The maximum absolute atomic E-state index is 12.8. The van der Waals surface area contributed by atoms with Crippen molar-refractivity contribution in [1.29, 1.82) is 0 Å². The number of carbonyl (C=O) groups excluding carboxylic acids is 1. The quantitative estimate of drug-likeness (QED) is 0.630. The van der Waals surface area contributed by atoms with Crippen molar-refractivity contribution in [2.24, 2.45) is 0 Å². The van der Waals surface area contributed by atoms with E-state index >= 15 is 0 Å². The van der Waals surface area contributed by atoms with Crippen molar-refractivity contribution in [1.82, 2.24) is 9.88 Å². The average Bonchev–Trinajstić information content (AvgIpc) is 3.03. The van der Waals surface area contributed by atoms with Crippen LogP contribution in [0, 0.1) is 0 Å². The average molecular weight is 353 g/mol. The minimum Gasteiger partial charge on any atom is -0.333 e. The number of thiazole rings is 1. The number of para-hydroxylation sites is 1. The van der Waals surface area contributed by atoms with Crippen molar-refractivity contribution in [2.45, 2.75) is 39.2 Å². The van der Waals surface area contributed by atoms with Crippen molar-refractivity contribution in [2.75, 3.05) is 7.05 Å². The van der Waals surface area contributed by atoms with Crippen LogP contribution in [0.4, 0.5) is 0 Å². The van der Waals surface area contributed by atoms with E-state index in [2.05, 4.69) is 31.8 Å². The van der Waals surface area contributed by atoms with E-state index in [9.17, 15) is 4.79 Å². The van der Waals surface area contributed by atoms with Crippen LogP contribution in [0.3, 0.4) is 0 Å². The number of hydrogen-bond acceptors (Lipinski definition) is 3. The smallest absolute Gasteiger partial charge is 0.254 e. The van der Waals surface area contributed by atoms with Crippen LogP contribution in [0.15, 0.2) is 48.5 Å². The molecule has 0 unspecified atom stereocenters. The van der Waals surface area contributed by atoms with Gasteiger partial charge in [-0.3, -0.25) is 4.79 Å². The minimum atomic E-state index is -0.0628. The lowest BCUT2D eigenvalue weighted by Gasteiger charge is -2.24. The number of carbonyl (C=O) groups is 1. The molecule has 3 nitrogen and oxygen atoms in total. The molecule has 130 valence electrons. The maximum atomic E-state index is 12.8. The molecule has 0 N–H and O–H groups in total. The molecule has 0 bridgehead atoms. The van der Waals surface area contributed by atoms with Gasteiger partial charge in [0.2, 0.25) is 0 Å². The fraction of sp³-hybridized carbons (Fsp3) is 0.333. The molecule has 0 saturated carbocycles. The Balaban J connectivity index is 1.81. The molecular weight excluding hydrogens is 328 g/mol. The molecule has 0 aliphatic rings. The number of hydrogen-bond donors (Lipinski definition) is 0. The molecule has 3 aromatic rings. The van der Waals surface area contributed by atoms with Gasteiger partial charge < -0.3 is 4.90 Å². The lowest BCUT2D eigenvalue weighted by molar-refractivity contribution is 0.0742. The van der Waals surface area contributed by atoms with Crippen molar-refractivity contribution >= 4 is 27.5 Å². The lowest BCUT2D eigenvalue weighted by Crippen LogP contribution is -2.29. The molecule has 0 fully saturated rings. The highest BCUT2D eigenvalue weighted by atomic mass is 32.1. The molecule has 1 aromatic heterocycles. The second-order valence-electron chi connectivity index (χ2n) is 7.44. The highest BCUT2D eigenvalue weighted by Crippen LogP contribution is 2.30. The molecule has 4 heteroatoms. The molecule has 0 radical (unpaired) electrons. The number of benzene rings is 2. The summed E-state index contributed by atoms with van der Waals surface area (Å²) >= 11 is 1.65. The van der Waals surface area contributed by atoms with Crippen LogP contribution < -0.4 is 0 Å². The Labute approximate surface area is 153 Å². The first-order valence-electron chi connectivity index (χ1n) is 8.50. The highest BCUT2D eigenvalue weighted by Gasteiger charge is 2.22. The summed E-state index contributed by atoms with van der Waals surface area (Å²) in [6, 6.07) is 15.9. The van der Waals surface area contributed by atoms with Gasteiger partial charge in [-0.2, -0.15) is 0 Å².